The van der Waals surface area contributed by atoms with Gasteiger partial charge >= 0.3 is 0 Å². The molecule has 1 aromatic rings. The fraction of sp³-hybridized carbons (Fsp3) is 0.625. The molecule has 0 bridgehead atoms. The molecular formula is C16H27NO2. The van der Waals surface area contributed by atoms with Crippen LogP contribution in [0.5, 0.6) is 5.75 Å². The van der Waals surface area contributed by atoms with E-state index in [-0.39, 0.29) is 0 Å². The normalized spacial score (nSPS) is 13.1. The first-order valence-electron chi connectivity index (χ1n) is 6.97. The lowest BCUT2D eigenvalue weighted by molar-refractivity contribution is 0.199. The smallest absolute Gasteiger partial charge is 0.123 e. The van der Waals surface area contributed by atoms with Crippen molar-refractivity contribution in [2.24, 2.45) is 5.92 Å². The molecule has 0 aromatic heterocycles. The Morgan fingerprint density at radius 1 is 1.26 bits per heavy atom. The molecule has 19 heavy (non-hydrogen) atoms. The molecule has 1 unspecified atom stereocenters. The zero-order valence-electron chi connectivity index (χ0n) is 12.8. The number of aliphatic hydroxyl groups is 1. The fourth-order valence-electron chi connectivity index (χ4n) is 2.03. The lowest BCUT2D eigenvalue weighted by Crippen LogP contribution is -2.20. The highest BCUT2D eigenvalue weighted by Gasteiger charge is 2.10. The molecule has 0 spiro atoms. The van der Waals surface area contributed by atoms with E-state index >= 15 is 0 Å². The number of rotatable bonds is 7. The van der Waals surface area contributed by atoms with Gasteiger partial charge in [-0.2, -0.15) is 0 Å². The van der Waals surface area contributed by atoms with Crippen molar-refractivity contribution in [3.05, 3.63) is 29.3 Å². The lowest BCUT2D eigenvalue weighted by Gasteiger charge is -2.20. The molecular weight excluding hydrogens is 238 g/mol. The SMILES string of the molecule is COc1ccc(C(C)O)cc1CN(C)CCC(C)C. The summed E-state index contributed by atoms with van der Waals surface area (Å²) in [6.45, 7) is 8.18. The molecule has 1 N–H and O–H groups in total. The van der Waals surface area contributed by atoms with E-state index in [9.17, 15) is 5.11 Å². The minimum Gasteiger partial charge on any atom is -0.496 e. The van der Waals surface area contributed by atoms with Crippen molar-refractivity contribution in [1.82, 2.24) is 4.90 Å². The Kier molecular flexibility index (Phi) is 6.32. The van der Waals surface area contributed by atoms with Crippen molar-refractivity contribution in [3.8, 4) is 5.75 Å². The molecule has 0 heterocycles. The summed E-state index contributed by atoms with van der Waals surface area (Å²) >= 11 is 0. The van der Waals surface area contributed by atoms with E-state index in [1.54, 1.807) is 14.0 Å². The average Bonchev–Trinajstić information content (AvgIpc) is 2.36. The zero-order chi connectivity index (χ0) is 14.4. The maximum Gasteiger partial charge on any atom is 0.123 e. The predicted octanol–water partition coefficient (Wildman–Crippen LogP) is 3.23. The van der Waals surface area contributed by atoms with Crippen LogP contribution in [0.25, 0.3) is 0 Å². The van der Waals surface area contributed by atoms with Crippen LogP contribution in [0.1, 0.15) is 44.4 Å². The number of methoxy groups -OCH3 is 1. The van der Waals surface area contributed by atoms with E-state index in [4.69, 9.17) is 4.74 Å². The number of hydrogen-bond donors (Lipinski definition) is 1. The second-order valence-electron chi connectivity index (χ2n) is 5.67. The first-order chi connectivity index (χ1) is 8.93. The molecule has 0 saturated carbocycles. The second-order valence-corrected chi connectivity index (χ2v) is 5.67. The molecule has 3 heteroatoms. The predicted molar refractivity (Wildman–Crippen MR) is 79.4 cm³/mol. The van der Waals surface area contributed by atoms with E-state index in [1.807, 2.05) is 18.2 Å². The molecule has 0 radical (unpaired) electrons. The van der Waals surface area contributed by atoms with Gasteiger partial charge in [-0.25, -0.2) is 0 Å². The number of hydrogen-bond acceptors (Lipinski definition) is 3. The third-order valence-electron chi connectivity index (χ3n) is 3.32. The van der Waals surface area contributed by atoms with Gasteiger partial charge in [0.05, 0.1) is 13.2 Å². The summed E-state index contributed by atoms with van der Waals surface area (Å²) in [5, 5.41) is 9.67. The zero-order valence-corrected chi connectivity index (χ0v) is 12.8. The summed E-state index contributed by atoms with van der Waals surface area (Å²) in [6.07, 6.45) is 0.750. The number of benzene rings is 1. The van der Waals surface area contributed by atoms with Gasteiger partial charge in [-0.15, -0.1) is 0 Å². The van der Waals surface area contributed by atoms with Crippen LogP contribution in [-0.4, -0.2) is 30.7 Å². The van der Waals surface area contributed by atoms with Gasteiger partial charge in [-0.1, -0.05) is 19.9 Å². The van der Waals surface area contributed by atoms with Crippen LogP contribution < -0.4 is 4.74 Å². The van der Waals surface area contributed by atoms with Gasteiger partial charge in [-0.3, -0.25) is 0 Å². The number of ether oxygens (including phenoxy) is 1. The molecule has 0 aliphatic heterocycles. The topological polar surface area (TPSA) is 32.7 Å². The summed E-state index contributed by atoms with van der Waals surface area (Å²) in [4.78, 5) is 2.30. The Morgan fingerprint density at radius 2 is 1.95 bits per heavy atom. The quantitative estimate of drug-likeness (QED) is 0.821. The van der Waals surface area contributed by atoms with Gasteiger partial charge in [0.25, 0.3) is 0 Å². The summed E-state index contributed by atoms with van der Waals surface area (Å²) in [5.74, 6) is 1.61. The van der Waals surface area contributed by atoms with Crippen LogP contribution in [0.3, 0.4) is 0 Å². The molecule has 1 rings (SSSR count). The number of nitrogens with zero attached hydrogens (tertiary/aromatic N) is 1. The van der Waals surface area contributed by atoms with Crippen LogP contribution in [-0.2, 0) is 6.54 Å². The van der Waals surface area contributed by atoms with Crippen LogP contribution in [0.4, 0.5) is 0 Å². The van der Waals surface area contributed by atoms with Gasteiger partial charge in [-0.05, 0) is 50.6 Å². The molecule has 108 valence electrons. The van der Waals surface area contributed by atoms with Crippen molar-refractivity contribution < 1.29 is 9.84 Å². The molecule has 1 atom stereocenters. The second kappa shape index (κ2) is 7.51. The largest absolute Gasteiger partial charge is 0.496 e. The van der Waals surface area contributed by atoms with Gasteiger partial charge < -0.3 is 14.7 Å². The van der Waals surface area contributed by atoms with Gasteiger partial charge in [0.1, 0.15) is 5.75 Å². The molecule has 0 fully saturated rings. The fourth-order valence-corrected chi connectivity index (χ4v) is 2.03. The summed E-state index contributed by atoms with van der Waals surface area (Å²) in [7, 11) is 3.81. The molecule has 0 aliphatic rings. The Labute approximate surface area is 117 Å². The van der Waals surface area contributed by atoms with E-state index in [0.717, 1.165) is 30.0 Å². The van der Waals surface area contributed by atoms with Crippen molar-refractivity contribution >= 4 is 0 Å². The Hall–Kier alpha value is -1.06. The van der Waals surface area contributed by atoms with Gasteiger partial charge in [0.15, 0.2) is 0 Å². The van der Waals surface area contributed by atoms with Crippen molar-refractivity contribution in [3.63, 3.8) is 0 Å². The van der Waals surface area contributed by atoms with Crippen molar-refractivity contribution in [2.45, 2.75) is 39.8 Å². The van der Waals surface area contributed by atoms with E-state index in [2.05, 4.69) is 25.8 Å². The molecule has 0 amide bonds. The Morgan fingerprint density at radius 3 is 2.47 bits per heavy atom. The molecule has 0 aliphatic carbocycles. The highest BCUT2D eigenvalue weighted by Crippen LogP contribution is 2.24. The van der Waals surface area contributed by atoms with E-state index in [0.29, 0.717) is 5.92 Å². The minimum absolute atomic E-state index is 0.439. The van der Waals surface area contributed by atoms with Crippen LogP contribution in [0.2, 0.25) is 0 Å². The first-order valence-corrected chi connectivity index (χ1v) is 6.97. The Balaban J connectivity index is 2.76. The van der Waals surface area contributed by atoms with E-state index in [1.165, 1.54) is 6.42 Å². The molecule has 1 aromatic carbocycles. The van der Waals surface area contributed by atoms with Gasteiger partial charge in [0, 0.05) is 12.1 Å². The third-order valence-corrected chi connectivity index (χ3v) is 3.32. The standard InChI is InChI=1S/C16H27NO2/c1-12(2)8-9-17(4)11-15-10-14(13(3)18)6-7-16(15)19-5/h6-7,10,12-13,18H,8-9,11H2,1-5H3. The third kappa shape index (κ3) is 5.21. The molecule has 0 saturated heterocycles. The summed E-state index contributed by atoms with van der Waals surface area (Å²) in [6, 6.07) is 5.89. The average molecular weight is 265 g/mol. The lowest BCUT2D eigenvalue weighted by atomic mass is 10.1. The first kappa shape index (κ1) is 16.0. The van der Waals surface area contributed by atoms with Crippen molar-refractivity contribution in [2.75, 3.05) is 20.7 Å². The Bertz CT molecular complexity index is 388. The van der Waals surface area contributed by atoms with Crippen LogP contribution in [0.15, 0.2) is 18.2 Å². The van der Waals surface area contributed by atoms with Crippen LogP contribution in [0, 0.1) is 5.92 Å². The van der Waals surface area contributed by atoms with Crippen LogP contribution >= 0.6 is 0 Å². The summed E-state index contributed by atoms with van der Waals surface area (Å²) in [5.41, 5.74) is 2.07. The highest BCUT2D eigenvalue weighted by atomic mass is 16.5. The van der Waals surface area contributed by atoms with Gasteiger partial charge in [0.2, 0.25) is 0 Å². The minimum atomic E-state index is -0.439. The molecule has 3 nitrogen and oxygen atoms in total. The maximum atomic E-state index is 9.67. The highest BCUT2D eigenvalue weighted by molar-refractivity contribution is 5.38. The maximum absolute atomic E-state index is 9.67. The monoisotopic (exact) mass is 265 g/mol. The van der Waals surface area contributed by atoms with Crippen molar-refractivity contribution in [1.29, 1.82) is 0 Å². The van der Waals surface area contributed by atoms with E-state index < -0.39 is 6.10 Å². The number of aliphatic hydroxyl groups excluding tert-OH is 1. The summed E-state index contributed by atoms with van der Waals surface area (Å²) < 4.78 is 5.40.